The summed E-state index contributed by atoms with van der Waals surface area (Å²) in [6.07, 6.45) is 0.0375. The lowest BCUT2D eigenvalue weighted by atomic mass is 10.1. The molecule has 0 aliphatic rings. The van der Waals surface area contributed by atoms with Crippen LogP contribution in [0.25, 0.3) is 0 Å². The lowest BCUT2D eigenvalue weighted by Gasteiger charge is -1.96. The Kier molecular flexibility index (Phi) is 3.30. The van der Waals surface area contributed by atoms with E-state index in [1.165, 1.54) is 0 Å². The minimum absolute atomic E-state index is 0.0375. The number of thiocarbonyl (C=S) groups is 1. The summed E-state index contributed by atoms with van der Waals surface area (Å²) in [6.45, 7) is 0. The van der Waals surface area contributed by atoms with Crippen LogP contribution in [0.5, 0.6) is 0 Å². The van der Waals surface area contributed by atoms with E-state index in [1.54, 1.807) is 30.3 Å². The van der Waals surface area contributed by atoms with E-state index in [9.17, 15) is 4.79 Å². The molecule has 0 aliphatic carbocycles. The molecule has 2 nitrogen and oxygen atoms in total. The van der Waals surface area contributed by atoms with Gasteiger partial charge in [0.1, 0.15) is 6.07 Å². The molecule has 64 valence electrons. The highest BCUT2D eigenvalue weighted by Crippen LogP contribution is 2.03. The van der Waals surface area contributed by atoms with Gasteiger partial charge in [-0.05, 0) is 0 Å². The predicted molar refractivity (Wildman–Crippen MR) is 53.6 cm³/mol. The second-order valence-corrected chi connectivity index (χ2v) is 2.99. The van der Waals surface area contributed by atoms with Gasteiger partial charge in [0.05, 0.1) is 11.3 Å². The zero-order chi connectivity index (χ0) is 9.68. The quantitative estimate of drug-likeness (QED) is 0.540. The van der Waals surface area contributed by atoms with Crippen LogP contribution in [-0.4, -0.2) is 10.6 Å². The van der Waals surface area contributed by atoms with E-state index < -0.39 is 0 Å². The Hall–Kier alpha value is -1.53. The molecule has 3 heteroatoms. The monoisotopic (exact) mass is 189 g/mol. The van der Waals surface area contributed by atoms with E-state index in [1.807, 2.05) is 6.07 Å². The number of benzene rings is 1. The highest BCUT2D eigenvalue weighted by molar-refractivity contribution is 7.81. The first-order valence-electron chi connectivity index (χ1n) is 3.75. The Balaban J connectivity index is 2.71. The summed E-state index contributed by atoms with van der Waals surface area (Å²) in [5.41, 5.74) is 0.597. The van der Waals surface area contributed by atoms with E-state index in [-0.39, 0.29) is 17.1 Å². The molecule has 0 heterocycles. The van der Waals surface area contributed by atoms with Crippen LogP contribution in [-0.2, 0) is 0 Å². The van der Waals surface area contributed by atoms with Gasteiger partial charge in [-0.2, -0.15) is 5.26 Å². The van der Waals surface area contributed by atoms with Gasteiger partial charge in [-0.3, -0.25) is 4.79 Å². The fourth-order valence-corrected chi connectivity index (χ4v) is 1.04. The van der Waals surface area contributed by atoms with Crippen LogP contribution in [0.2, 0.25) is 0 Å². The Bertz CT molecular complexity index is 364. The summed E-state index contributed by atoms with van der Waals surface area (Å²) in [7, 11) is 0. The molecule has 1 rings (SSSR count). The normalized spacial score (nSPS) is 8.85. The van der Waals surface area contributed by atoms with Crippen molar-refractivity contribution >= 4 is 22.9 Å². The smallest absolute Gasteiger partial charge is 0.168 e. The number of carbonyl (C=O) groups is 1. The van der Waals surface area contributed by atoms with Crippen LogP contribution in [0.3, 0.4) is 0 Å². The molecule has 0 spiro atoms. The molecule has 0 saturated heterocycles. The van der Waals surface area contributed by atoms with Crippen LogP contribution in [0, 0.1) is 11.3 Å². The van der Waals surface area contributed by atoms with Gasteiger partial charge in [0.15, 0.2) is 5.78 Å². The molecule has 0 unspecified atom stereocenters. The summed E-state index contributed by atoms with van der Waals surface area (Å²) in [5.74, 6) is -0.104. The fourth-order valence-electron chi connectivity index (χ4n) is 0.911. The molecule has 0 radical (unpaired) electrons. The van der Waals surface area contributed by atoms with Crippen LogP contribution in [0.1, 0.15) is 16.8 Å². The molecule has 0 saturated carbocycles. The number of nitriles is 1. The molecule has 1 aromatic rings. The molecule has 0 amide bonds. The van der Waals surface area contributed by atoms with Crippen LogP contribution < -0.4 is 0 Å². The second-order valence-electron chi connectivity index (χ2n) is 2.50. The molecule has 0 fully saturated rings. The fraction of sp³-hybridized carbons (Fsp3) is 0.100. The molecule has 0 N–H and O–H groups in total. The third kappa shape index (κ3) is 2.77. The maximum absolute atomic E-state index is 11.4. The molecular weight excluding hydrogens is 182 g/mol. The number of Topliss-reactive ketones (excluding diaryl/α,β-unsaturated/α-hetero) is 1. The lowest BCUT2D eigenvalue weighted by Crippen LogP contribution is -2.04. The molecule has 0 atom stereocenters. The summed E-state index contributed by atoms with van der Waals surface area (Å²) < 4.78 is 0. The van der Waals surface area contributed by atoms with E-state index in [0.29, 0.717) is 5.56 Å². The van der Waals surface area contributed by atoms with Gasteiger partial charge in [0.2, 0.25) is 0 Å². The van der Waals surface area contributed by atoms with Crippen molar-refractivity contribution in [1.29, 1.82) is 5.26 Å². The van der Waals surface area contributed by atoms with E-state index >= 15 is 0 Å². The van der Waals surface area contributed by atoms with Crippen molar-refractivity contribution in [2.24, 2.45) is 0 Å². The van der Waals surface area contributed by atoms with Gasteiger partial charge in [-0.15, -0.1) is 0 Å². The average Bonchev–Trinajstić information content (AvgIpc) is 2.19. The van der Waals surface area contributed by atoms with Gasteiger partial charge in [-0.1, -0.05) is 42.5 Å². The summed E-state index contributed by atoms with van der Waals surface area (Å²) >= 11 is 4.65. The van der Waals surface area contributed by atoms with Crippen molar-refractivity contribution in [2.75, 3.05) is 0 Å². The largest absolute Gasteiger partial charge is 0.294 e. The van der Waals surface area contributed by atoms with Crippen molar-refractivity contribution in [3.63, 3.8) is 0 Å². The van der Waals surface area contributed by atoms with Gasteiger partial charge < -0.3 is 0 Å². The highest BCUT2D eigenvalue weighted by Gasteiger charge is 2.07. The molecule has 0 aliphatic heterocycles. The first-order chi connectivity index (χ1) is 6.24. The van der Waals surface area contributed by atoms with Crippen LogP contribution in [0.15, 0.2) is 30.3 Å². The molecular formula is C10H7NOS. The van der Waals surface area contributed by atoms with Gasteiger partial charge in [0.25, 0.3) is 0 Å². The number of hydrogen-bond acceptors (Lipinski definition) is 3. The minimum Gasteiger partial charge on any atom is -0.294 e. The third-order valence-electron chi connectivity index (χ3n) is 1.54. The van der Waals surface area contributed by atoms with Gasteiger partial charge in [-0.25, -0.2) is 0 Å². The summed E-state index contributed by atoms with van der Waals surface area (Å²) in [6, 6.07) is 10.6. The number of ketones is 1. The van der Waals surface area contributed by atoms with Crippen molar-refractivity contribution in [3.8, 4) is 6.07 Å². The first kappa shape index (κ1) is 9.56. The van der Waals surface area contributed by atoms with Crippen molar-refractivity contribution in [2.45, 2.75) is 6.42 Å². The Morgan fingerprint density at radius 2 is 2.00 bits per heavy atom. The van der Waals surface area contributed by atoms with Crippen molar-refractivity contribution in [3.05, 3.63) is 35.9 Å². The van der Waals surface area contributed by atoms with Gasteiger partial charge in [0, 0.05) is 5.56 Å². The van der Waals surface area contributed by atoms with Crippen molar-refractivity contribution < 1.29 is 4.79 Å². The second kappa shape index (κ2) is 4.48. The lowest BCUT2D eigenvalue weighted by molar-refractivity contribution is 0.100. The summed E-state index contributed by atoms with van der Waals surface area (Å²) in [4.78, 5) is 11.5. The van der Waals surface area contributed by atoms with E-state index in [4.69, 9.17) is 5.26 Å². The van der Waals surface area contributed by atoms with E-state index in [0.717, 1.165) is 0 Å². The van der Waals surface area contributed by atoms with Crippen LogP contribution in [0.4, 0.5) is 0 Å². The van der Waals surface area contributed by atoms with Crippen molar-refractivity contribution in [1.82, 2.24) is 0 Å². The first-order valence-corrected chi connectivity index (χ1v) is 4.16. The van der Waals surface area contributed by atoms with Crippen LogP contribution >= 0.6 is 12.2 Å². The Morgan fingerprint density at radius 3 is 2.54 bits per heavy atom. The summed E-state index contributed by atoms with van der Waals surface area (Å²) in [5, 5.41) is 8.39. The molecule has 1 aromatic carbocycles. The number of rotatable bonds is 3. The zero-order valence-electron chi connectivity index (χ0n) is 6.86. The number of hydrogen-bond donors (Lipinski definition) is 0. The SMILES string of the molecule is N#CC(=S)CC(=O)c1ccccc1. The number of carbonyl (C=O) groups excluding carboxylic acids is 1. The molecule has 0 aromatic heterocycles. The Labute approximate surface area is 81.8 Å². The minimum atomic E-state index is -0.104. The number of nitrogens with zero attached hydrogens (tertiary/aromatic N) is 1. The molecule has 13 heavy (non-hydrogen) atoms. The van der Waals surface area contributed by atoms with Gasteiger partial charge >= 0.3 is 0 Å². The van der Waals surface area contributed by atoms with E-state index in [2.05, 4.69) is 12.2 Å². The zero-order valence-corrected chi connectivity index (χ0v) is 7.67. The Morgan fingerprint density at radius 1 is 1.38 bits per heavy atom. The molecule has 0 bridgehead atoms. The average molecular weight is 189 g/mol. The standard InChI is InChI=1S/C10H7NOS/c11-7-9(13)6-10(12)8-4-2-1-3-5-8/h1-5H,6H2. The predicted octanol–water partition coefficient (Wildman–Crippen LogP) is 2.15. The topological polar surface area (TPSA) is 40.9 Å². The third-order valence-corrected chi connectivity index (χ3v) is 1.78. The maximum atomic E-state index is 11.4. The maximum Gasteiger partial charge on any atom is 0.168 e. The highest BCUT2D eigenvalue weighted by atomic mass is 32.1.